The Morgan fingerprint density at radius 1 is 1.58 bits per heavy atom. The summed E-state index contributed by atoms with van der Waals surface area (Å²) in [4.78, 5) is 16.0. The molecular weight excluding hydrogens is 264 g/mol. The molecule has 2 aromatic rings. The molecule has 0 aliphatic rings. The number of imidazole rings is 1. The van der Waals surface area contributed by atoms with Crippen molar-refractivity contribution < 1.29 is 4.79 Å². The predicted molar refractivity (Wildman–Crippen MR) is 75.0 cm³/mol. The Kier molecular flexibility index (Phi) is 4.06. The summed E-state index contributed by atoms with van der Waals surface area (Å²) in [5.74, 6) is -0.207. The summed E-state index contributed by atoms with van der Waals surface area (Å²) in [6, 6.07) is 4.80. The van der Waals surface area contributed by atoms with Gasteiger partial charge in [0.15, 0.2) is 0 Å². The van der Waals surface area contributed by atoms with Gasteiger partial charge >= 0.3 is 0 Å². The van der Waals surface area contributed by atoms with Crippen molar-refractivity contribution in [3.63, 3.8) is 0 Å². The van der Waals surface area contributed by atoms with Gasteiger partial charge in [0.2, 0.25) is 0 Å². The number of hydrogen-bond donors (Lipinski definition) is 2. The van der Waals surface area contributed by atoms with E-state index in [2.05, 4.69) is 10.3 Å². The fraction of sp³-hybridized carbons (Fsp3) is 0.231. The molecule has 0 saturated heterocycles. The number of benzene rings is 1. The largest absolute Gasteiger partial charge is 0.398 e. The van der Waals surface area contributed by atoms with Crippen molar-refractivity contribution in [3.05, 3.63) is 47.5 Å². The Morgan fingerprint density at radius 3 is 3.00 bits per heavy atom. The van der Waals surface area contributed by atoms with Gasteiger partial charge in [-0.25, -0.2) is 4.98 Å². The Labute approximate surface area is 116 Å². The first-order valence-corrected chi connectivity index (χ1v) is 6.25. The number of halogens is 1. The van der Waals surface area contributed by atoms with Gasteiger partial charge in [0, 0.05) is 35.7 Å². The summed E-state index contributed by atoms with van der Waals surface area (Å²) in [6.45, 7) is 2.57. The minimum absolute atomic E-state index is 0.0308. The van der Waals surface area contributed by atoms with Crippen LogP contribution in [0.15, 0.2) is 36.9 Å². The maximum absolute atomic E-state index is 12.1. The van der Waals surface area contributed by atoms with Crippen LogP contribution < -0.4 is 11.1 Å². The normalized spacial score (nSPS) is 12.1. The number of aromatic nitrogens is 2. The van der Waals surface area contributed by atoms with Crippen LogP contribution in [0.5, 0.6) is 0 Å². The first-order valence-electron chi connectivity index (χ1n) is 5.88. The summed E-state index contributed by atoms with van der Waals surface area (Å²) in [6.07, 6.45) is 5.25. The molecule has 1 amide bonds. The lowest BCUT2D eigenvalue weighted by atomic mass is 10.1. The first-order chi connectivity index (χ1) is 9.06. The van der Waals surface area contributed by atoms with Crippen LogP contribution in [0.4, 0.5) is 5.69 Å². The number of carbonyl (C=O) groups is 1. The topological polar surface area (TPSA) is 72.9 Å². The third-order valence-electron chi connectivity index (χ3n) is 2.68. The first kappa shape index (κ1) is 13.4. The van der Waals surface area contributed by atoms with Crippen LogP contribution in [0.2, 0.25) is 5.02 Å². The van der Waals surface area contributed by atoms with Gasteiger partial charge in [0.1, 0.15) is 0 Å². The highest BCUT2D eigenvalue weighted by atomic mass is 35.5. The number of nitrogen functional groups attached to an aromatic ring is 1. The summed E-state index contributed by atoms with van der Waals surface area (Å²) in [7, 11) is 0. The number of anilines is 1. The van der Waals surface area contributed by atoms with Crippen LogP contribution in [-0.4, -0.2) is 21.5 Å². The third-order valence-corrected chi connectivity index (χ3v) is 2.91. The molecule has 0 aliphatic heterocycles. The van der Waals surface area contributed by atoms with Crippen LogP contribution in [0, 0.1) is 0 Å². The lowest BCUT2D eigenvalue weighted by Crippen LogP contribution is -2.35. The Morgan fingerprint density at radius 2 is 2.37 bits per heavy atom. The van der Waals surface area contributed by atoms with Crippen molar-refractivity contribution >= 4 is 23.2 Å². The maximum Gasteiger partial charge on any atom is 0.253 e. The molecule has 100 valence electrons. The zero-order valence-electron chi connectivity index (χ0n) is 10.5. The Bertz CT molecular complexity index is 568. The van der Waals surface area contributed by atoms with Crippen LogP contribution in [0.3, 0.4) is 0 Å². The molecule has 0 fully saturated rings. The Balaban J connectivity index is 2.00. The number of hydrogen-bond acceptors (Lipinski definition) is 3. The van der Waals surface area contributed by atoms with Crippen molar-refractivity contribution in [1.82, 2.24) is 14.9 Å². The van der Waals surface area contributed by atoms with E-state index < -0.39 is 0 Å². The second-order valence-electron chi connectivity index (χ2n) is 4.37. The molecule has 19 heavy (non-hydrogen) atoms. The summed E-state index contributed by atoms with van der Waals surface area (Å²) in [5, 5.41) is 3.40. The van der Waals surface area contributed by atoms with Crippen LogP contribution in [-0.2, 0) is 6.54 Å². The third kappa shape index (κ3) is 3.48. The molecule has 0 aliphatic carbocycles. The summed E-state index contributed by atoms with van der Waals surface area (Å²) >= 11 is 5.80. The van der Waals surface area contributed by atoms with E-state index >= 15 is 0 Å². The molecule has 6 heteroatoms. The van der Waals surface area contributed by atoms with Gasteiger partial charge in [-0.3, -0.25) is 4.79 Å². The van der Waals surface area contributed by atoms with Crippen molar-refractivity contribution in [2.24, 2.45) is 0 Å². The van der Waals surface area contributed by atoms with Gasteiger partial charge in [0.25, 0.3) is 5.91 Å². The van der Waals surface area contributed by atoms with Crippen LogP contribution in [0.1, 0.15) is 17.3 Å². The molecular formula is C13H15ClN4O. The standard InChI is InChI=1S/C13H15ClN4O/c1-9(7-18-5-4-16-8-18)17-13(19)11-3-2-10(14)6-12(11)15/h2-6,8-9H,7,15H2,1H3,(H,17,19). The number of nitrogens with two attached hydrogens (primary N) is 1. The van der Waals surface area contributed by atoms with Crippen LogP contribution >= 0.6 is 11.6 Å². The number of rotatable bonds is 4. The van der Waals surface area contributed by atoms with Gasteiger partial charge in [-0.05, 0) is 25.1 Å². The molecule has 1 aromatic heterocycles. The van der Waals surface area contributed by atoms with Crippen molar-refractivity contribution in [2.75, 3.05) is 5.73 Å². The maximum atomic E-state index is 12.1. The molecule has 0 bridgehead atoms. The number of nitrogens with one attached hydrogen (secondary N) is 1. The van der Waals surface area contributed by atoms with E-state index in [-0.39, 0.29) is 11.9 Å². The predicted octanol–water partition coefficient (Wildman–Crippen LogP) is 1.94. The minimum atomic E-state index is -0.207. The van der Waals surface area contributed by atoms with Gasteiger partial charge in [-0.15, -0.1) is 0 Å². The lowest BCUT2D eigenvalue weighted by molar-refractivity contribution is 0.0937. The molecule has 1 aromatic carbocycles. The molecule has 0 saturated carbocycles. The minimum Gasteiger partial charge on any atom is -0.398 e. The van der Waals surface area contributed by atoms with E-state index in [0.717, 1.165) is 0 Å². The zero-order valence-corrected chi connectivity index (χ0v) is 11.3. The van der Waals surface area contributed by atoms with Gasteiger partial charge in [-0.2, -0.15) is 0 Å². The van der Waals surface area contributed by atoms with Crippen molar-refractivity contribution in [3.8, 4) is 0 Å². The van der Waals surface area contributed by atoms with Crippen molar-refractivity contribution in [2.45, 2.75) is 19.5 Å². The van der Waals surface area contributed by atoms with E-state index in [1.807, 2.05) is 17.7 Å². The lowest BCUT2D eigenvalue weighted by Gasteiger charge is -2.15. The van der Waals surface area contributed by atoms with E-state index in [9.17, 15) is 4.79 Å². The molecule has 1 unspecified atom stereocenters. The SMILES string of the molecule is CC(Cn1ccnc1)NC(=O)c1ccc(Cl)cc1N. The highest BCUT2D eigenvalue weighted by Gasteiger charge is 2.13. The molecule has 1 heterocycles. The Hall–Kier alpha value is -2.01. The highest BCUT2D eigenvalue weighted by molar-refractivity contribution is 6.31. The quantitative estimate of drug-likeness (QED) is 0.840. The number of amides is 1. The van der Waals surface area contributed by atoms with Crippen LogP contribution in [0.25, 0.3) is 0 Å². The summed E-state index contributed by atoms with van der Waals surface area (Å²) in [5.41, 5.74) is 6.58. The van der Waals surface area contributed by atoms with E-state index in [4.69, 9.17) is 17.3 Å². The summed E-state index contributed by atoms with van der Waals surface area (Å²) < 4.78 is 1.90. The van der Waals surface area contributed by atoms with Gasteiger partial charge in [-0.1, -0.05) is 11.6 Å². The molecule has 0 radical (unpaired) electrons. The molecule has 0 spiro atoms. The fourth-order valence-corrected chi connectivity index (χ4v) is 1.98. The van der Waals surface area contributed by atoms with E-state index in [1.54, 1.807) is 30.7 Å². The smallest absolute Gasteiger partial charge is 0.253 e. The van der Waals surface area contributed by atoms with Crippen molar-refractivity contribution in [1.29, 1.82) is 0 Å². The second kappa shape index (κ2) is 5.75. The van der Waals surface area contributed by atoms with Gasteiger partial charge in [0.05, 0.1) is 11.9 Å². The monoisotopic (exact) mass is 278 g/mol. The average Bonchev–Trinajstić information content (AvgIpc) is 2.81. The average molecular weight is 279 g/mol. The highest BCUT2D eigenvalue weighted by Crippen LogP contribution is 2.17. The molecule has 2 rings (SSSR count). The molecule has 5 nitrogen and oxygen atoms in total. The molecule has 3 N–H and O–H groups in total. The van der Waals surface area contributed by atoms with E-state index in [1.165, 1.54) is 0 Å². The number of carbonyl (C=O) groups excluding carboxylic acids is 1. The van der Waals surface area contributed by atoms with Gasteiger partial charge < -0.3 is 15.6 Å². The van der Waals surface area contributed by atoms with E-state index in [0.29, 0.717) is 22.8 Å². The second-order valence-corrected chi connectivity index (χ2v) is 4.80. The number of nitrogens with zero attached hydrogens (tertiary/aromatic N) is 2. The fourth-order valence-electron chi connectivity index (χ4n) is 1.80. The molecule has 1 atom stereocenters. The zero-order chi connectivity index (χ0) is 13.8.